The van der Waals surface area contributed by atoms with E-state index in [4.69, 9.17) is 10.8 Å². The Morgan fingerprint density at radius 1 is 1.21 bits per heavy atom. The lowest BCUT2D eigenvalue weighted by Crippen LogP contribution is -2.44. The van der Waals surface area contributed by atoms with Gasteiger partial charge in [0.15, 0.2) is 0 Å². The van der Waals surface area contributed by atoms with Crippen molar-refractivity contribution in [2.24, 2.45) is 11.7 Å². The number of carboxylic acid groups (broad SMARTS) is 1. The number of carboxylic acids is 1. The lowest BCUT2D eigenvalue weighted by molar-refractivity contribution is -0.140. The number of primary amides is 1. The molecule has 19 heavy (non-hydrogen) atoms. The second-order valence-electron chi connectivity index (χ2n) is 4.48. The second-order valence-corrected chi connectivity index (χ2v) is 4.48. The molecule has 0 radical (unpaired) electrons. The monoisotopic (exact) mass is 264 g/mol. The summed E-state index contributed by atoms with van der Waals surface area (Å²) in [7, 11) is 0. The summed E-state index contributed by atoms with van der Waals surface area (Å²) < 4.78 is 0. The first-order valence-electron chi connectivity index (χ1n) is 5.76. The van der Waals surface area contributed by atoms with Gasteiger partial charge in [-0.05, 0) is 24.1 Å². The van der Waals surface area contributed by atoms with Crippen LogP contribution in [0.25, 0.3) is 0 Å². The zero-order chi connectivity index (χ0) is 14.6. The van der Waals surface area contributed by atoms with E-state index in [1.54, 1.807) is 13.8 Å². The van der Waals surface area contributed by atoms with Gasteiger partial charge in [0.05, 0.1) is 0 Å². The van der Waals surface area contributed by atoms with Gasteiger partial charge < -0.3 is 16.2 Å². The summed E-state index contributed by atoms with van der Waals surface area (Å²) in [4.78, 5) is 33.9. The molecule has 0 spiro atoms. The van der Waals surface area contributed by atoms with Crippen molar-refractivity contribution in [3.05, 3.63) is 35.4 Å². The Morgan fingerprint density at radius 2 is 1.79 bits per heavy atom. The van der Waals surface area contributed by atoms with Crippen molar-refractivity contribution in [1.29, 1.82) is 0 Å². The molecule has 1 aromatic carbocycles. The Bertz CT molecular complexity index is 511. The van der Waals surface area contributed by atoms with E-state index in [2.05, 4.69) is 5.32 Å². The zero-order valence-electron chi connectivity index (χ0n) is 10.7. The molecule has 0 saturated carbocycles. The molecule has 0 aromatic heterocycles. The summed E-state index contributed by atoms with van der Waals surface area (Å²) in [5.74, 6) is -2.55. The average Bonchev–Trinajstić information content (AvgIpc) is 2.34. The van der Waals surface area contributed by atoms with Crippen molar-refractivity contribution in [3.63, 3.8) is 0 Å². The Balaban J connectivity index is 2.91. The van der Waals surface area contributed by atoms with Crippen LogP contribution in [0.2, 0.25) is 0 Å². The van der Waals surface area contributed by atoms with Crippen LogP contribution in [-0.4, -0.2) is 28.9 Å². The number of aliphatic carboxylic acids is 1. The third kappa shape index (κ3) is 3.80. The predicted octanol–water partition coefficient (Wildman–Crippen LogP) is 0.624. The lowest BCUT2D eigenvalue weighted by atomic mass is 10.0. The molecule has 1 atom stereocenters. The molecule has 0 aliphatic heterocycles. The normalized spacial score (nSPS) is 11.9. The van der Waals surface area contributed by atoms with Gasteiger partial charge >= 0.3 is 5.97 Å². The van der Waals surface area contributed by atoms with Crippen LogP contribution >= 0.6 is 0 Å². The van der Waals surface area contributed by atoms with Gasteiger partial charge in [0, 0.05) is 11.1 Å². The van der Waals surface area contributed by atoms with Crippen LogP contribution in [0.4, 0.5) is 0 Å². The summed E-state index contributed by atoms with van der Waals surface area (Å²) in [5.41, 5.74) is 5.51. The quantitative estimate of drug-likeness (QED) is 0.724. The third-order valence-electron chi connectivity index (χ3n) is 2.63. The van der Waals surface area contributed by atoms with Gasteiger partial charge in [0.25, 0.3) is 5.91 Å². The molecule has 0 bridgehead atoms. The van der Waals surface area contributed by atoms with Crippen molar-refractivity contribution >= 4 is 17.8 Å². The minimum Gasteiger partial charge on any atom is -0.480 e. The van der Waals surface area contributed by atoms with Crippen LogP contribution in [0.15, 0.2) is 24.3 Å². The van der Waals surface area contributed by atoms with Crippen LogP contribution < -0.4 is 11.1 Å². The molecule has 0 fully saturated rings. The molecule has 0 aliphatic rings. The highest BCUT2D eigenvalue weighted by molar-refractivity contribution is 6.00. The molecule has 1 aromatic rings. The van der Waals surface area contributed by atoms with Crippen molar-refractivity contribution in [3.8, 4) is 0 Å². The first kappa shape index (κ1) is 14.7. The van der Waals surface area contributed by atoms with Gasteiger partial charge in [-0.1, -0.05) is 19.9 Å². The highest BCUT2D eigenvalue weighted by Crippen LogP contribution is 2.07. The molecule has 6 nitrogen and oxygen atoms in total. The lowest BCUT2D eigenvalue weighted by Gasteiger charge is -2.17. The fourth-order valence-corrected chi connectivity index (χ4v) is 1.55. The smallest absolute Gasteiger partial charge is 0.326 e. The zero-order valence-corrected chi connectivity index (χ0v) is 10.7. The van der Waals surface area contributed by atoms with E-state index in [9.17, 15) is 14.4 Å². The van der Waals surface area contributed by atoms with E-state index in [0.717, 1.165) is 0 Å². The van der Waals surface area contributed by atoms with Gasteiger partial charge in [-0.15, -0.1) is 0 Å². The molecule has 0 aliphatic carbocycles. The standard InChI is InChI=1S/C13H16N2O4/c1-7(2)10(13(18)19)15-12(17)9-5-3-4-8(6-9)11(14)16/h3-7,10H,1-2H3,(H2,14,16)(H,15,17)(H,18,19)/t10-/m0/s1. The second kappa shape index (κ2) is 5.99. The fraction of sp³-hybridized carbons (Fsp3) is 0.308. The molecule has 4 N–H and O–H groups in total. The van der Waals surface area contributed by atoms with Crippen molar-refractivity contribution in [2.75, 3.05) is 0 Å². The maximum Gasteiger partial charge on any atom is 0.326 e. The molecular weight excluding hydrogens is 248 g/mol. The number of rotatable bonds is 5. The highest BCUT2D eigenvalue weighted by atomic mass is 16.4. The Morgan fingerprint density at radius 3 is 2.26 bits per heavy atom. The van der Waals surface area contributed by atoms with Crippen molar-refractivity contribution < 1.29 is 19.5 Å². The van der Waals surface area contributed by atoms with Crippen molar-refractivity contribution in [2.45, 2.75) is 19.9 Å². The average molecular weight is 264 g/mol. The van der Waals surface area contributed by atoms with Crippen LogP contribution in [-0.2, 0) is 4.79 Å². The minimum absolute atomic E-state index is 0.197. The molecule has 0 saturated heterocycles. The van der Waals surface area contributed by atoms with Crippen LogP contribution in [0.3, 0.4) is 0 Å². The summed E-state index contributed by atoms with van der Waals surface area (Å²) in [6.45, 7) is 3.39. The van der Waals surface area contributed by atoms with E-state index in [1.807, 2.05) is 0 Å². The van der Waals surface area contributed by atoms with Crippen LogP contribution in [0.1, 0.15) is 34.6 Å². The minimum atomic E-state index is -1.10. The molecule has 1 rings (SSSR count). The number of benzene rings is 1. The molecule has 6 heteroatoms. The van der Waals surface area contributed by atoms with Crippen molar-refractivity contribution in [1.82, 2.24) is 5.32 Å². The van der Waals surface area contributed by atoms with Gasteiger partial charge in [0.2, 0.25) is 5.91 Å². The van der Waals surface area contributed by atoms with Gasteiger partial charge in [-0.3, -0.25) is 9.59 Å². The fourth-order valence-electron chi connectivity index (χ4n) is 1.55. The maximum atomic E-state index is 11.9. The first-order valence-corrected chi connectivity index (χ1v) is 5.76. The van der Waals surface area contributed by atoms with Gasteiger partial charge in [-0.2, -0.15) is 0 Å². The largest absolute Gasteiger partial charge is 0.480 e. The van der Waals surface area contributed by atoms with E-state index in [1.165, 1.54) is 24.3 Å². The number of amides is 2. The van der Waals surface area contributed by atoms with Crippen LogP contribution in [0.5, 0.6) is 0 Å². The van der Waals surface area contributed by atoms with E-state index >= 15 is 0 Å². The van der Waals surface area contributed by atoms with E-state index in [0.29, 0.717) is 0 Å². The SMILES string of the molecule is CC(C)[C@H](NC(=O)c1cccc(C(N)=O)c1)C(=O)O. The number of hydrogen-bond donors (Lipinski definition) is 3. The number of nitrogens with two attached hydrogens (primary N) is 1. The Hall–Kier alpha value is -2.37. The Labute approximate surface area is 110 Å². The molecule has 2 amide bonds. The summed E-state index contributed by atoms with van der Waals surface area (Å²) in [6.07, 6.45) is 0. The number of hydrogen-bond acceptors (Lipinski definition) is 3. The maximum absolute atomic E-state index is 11.9. The topological polar surface area (TPSA) is 109 Å². The summed E-state index contributed by atoms with van der Waals surface area (Å²) in [6, 6.07) is 4.83. The molecule has 0 heterocycles. The van der Waals surface area contributed by atoms with Gasteiger partial charge in [-0.25, -0.2) is 4.79 Å². The van der Waals surface area contributed by atoms with Crippen LogP contribution in [0, 0.1) is 5.92 Å². The number of nitrogens with one attached hydrogen (secondary N) is 1. The third-order valence-corrected chi connectivity index (χ3v) is 2.63. The van der Waals surface area contributed by atoms with E-state index in [-0.39, 0.29) is 17.0 Å². The molecular formula is C13H16N2O4. The number of carbonyl (C=O) groups excluding carboxylic acids is 2. The highest BCUT2D eigenvalue weighted by Gasteiger charge is 2.24. The summed E-state index contributed by atoms with van der Waals surface area (Å²) >= 11 is 0. The summed E-state index contributed by atoms with van der Waals surface area (Å²) in [5, 5.41) is 11.4. The first-order chi connectivity index (χ1) is 8.82. The molecule has 102 valence electrons. The molecule has 0 unspecified atom stereocenters. The van der Waals surface area contributed by atoms with E-state index < -0.39 is 23.8 Å². The predicted molar refractivity (Wildman–Crippen MR) is 68.7 cm³/mol. The number of carbonyl (C=O) groups is 3. The van der Waals surface area contributed by atoms with Gasteiger partial charge in [0.1, 0.15) is 6.04 Å². The Kier molecular flexibility index (Phi) is 4.63.